The van der Waals surface area contributed by atoms with Crippen molar-refractivity contribution in [1.29, 1.82) is 0 Å². The molecule has 0 heterocycles. The Morgan fingerprint density at radius 3 is 1.68 bits per heavy atom. The molecule has 6 heteroatoms. The van der Waals surface area contributed by atoms with Crippen LogP contribution in [0.5, 0.6) is 0 Å². The molecule has 0 spiro atoms. The van der Waals surface area contributed by atoms with E-state index in [0.29, 0.717) is 25.9 Å². The van der Waals surface area contributed by atoms with E-state index in [-0.39, 0.29) is 0 Å². The minimum atomic E-state index is -3.90. The molecule has 2 rings (SSSR count). The standard InChI is InChI=1S/C19H24N2O3S/c1-16(25(20,23)24)19(22)21(14-12-17-8-4-2-5-9-17)15-13-18-10-6-3-7-11-18/h2-11,16H,12-15H2,1H3,(H2,20,23,24). The fourth-order valence-corrected chi connectivity index (χ4v) is 2.98. The summed E-state index contributed by atoms with van der Waals surface area (Å²) in [5.74, 6) is -0.450. The number of nitrogens with zero attached hydrogens (tertiary/aromatic N) is 1. The molecule has 1 unspecified atom stereocenters. The zero-order valence-electron chi connectivity index (χ0n) is 14.3. The Morgan fingerprint density at radius 2 is 1.32 bits per heavy atom. The van der Waals surface area contributed by atoms with E-state index >= 15 is 0 Å². The van der Waals surface area contributed by atoms with E-state index in [0.717, 1.165) is 11.1 Å². The second-order valence-corrected chi connectivity index (χ2v) is 7.91. The fourth-order valence-electron chi connectivity index (χ4n) is 2.55. The molecule has 0 aliphatic heterocycles. The molecule has 0 aliphatic carbocycles. The van der Waals surface area contributed by atoms with Crippen LogP contribution in [-0.4, -0.2) is 37.6 Å². The third-order valence-corrected chi connectivity index (χ3v) is 5.37. The summed E-state index contributed by atoms with van der Waals surface area (Å²) < 4.78 is 23.1. The highest BCUT2D eigenvalue weighted by atomic mass is 32.2. The van der Waals surface area contributed by atoms with E-state index in [9.17, 15) is 13.2 Å². The first-order valence-electron chi connectivity index (χ1n) is 8.26. The van der Waals surface area contributed by atoms with Gasteiger partial charge < -0.3 is 4.90 Å². The maximum Gasteiger partial charge on any atom is 0.242 e. The minimum absolute atomic E-state index is 0.450. The van der Waals surface area contributed by atoms with Crippen molar-refractivity contribution in [1.82, 2.24) is 4.90 Å². The number of rotatable bonds is 8. The zero-order chi connectivity index (χ0) is 18.3. The van der Waals surface area contributed by atoms with Gasteiger partial charge in [0.15, 0.2) is 5.25 Å². The number of benzene rings is 2. The molecule has 2 aromatic rings. The van der Waals surface area contributed by atoms with Crippen molar-refractivity contribution in [2.45, 2.75) is 25.0 Å². The van der Waals surface area contributed by atoms with E-state index in [4.69, 9.17) is 5.14 Å². The summed E-state index contributed by atoms with van der Waals surface area (Å²) in [4.78, 5) is 14.2. The lowest BCUT2D eigenvalue weighted by Crippen LogP contribution is -2.45. The molecule has 1 atom stereocenters. The number of carbonyl (C=O) groups excluding carboxylic acids is 1. The first-order chi connectivity index (χ1) is 11.9. The van der Waals surface area contributed by atoms with Crippen molar-refractivity contribution < 1.29 is 13.2 Å². The van der Waals surface area contributed by atoms with E-state index < -0.39 is 21.2 Å². The number of primary sulfonamides is 1. The van der Waals surface area contributed by atoms with Gasteiger partial charge in [-0.2, -0.15) is 0 Å². The van der Waals surface area contributed by atoms with Crippen LogP contribution in [0.1, 0.15) is 18.1 Å². The van der Waals surface area contributed by atoms with Crippen molar-refractivity contribution in [2.75, 3.05) is 13.1 Å². The van der Waals surface area contributed by atoms with Gasteiger partial charge in [-0.05, 0) is 30.9 Å². The summed E-state index contributed by atoms with van der Waals surface area (Å²) >= 11 is 0. The predicted molar refractivity (Wildman–Crippen MR) is 99.4 cm³/mol. The molecular weight excluding hydrogens is 336 g/mol. The molecule has 134 valence electrons. The molecule has 25 heavy (non-hydrogen) atoms. The lowest BCUT2D eigenvalue weighted by molar-refractivity contribution is -0.130. The van der Waals surface area contributed by atoms with Crippen LogP contribution in [0.2, 0.25) is 0 Å². The highest BCUT2D eigenvalue weighted by molar-refractivity contribution is 7.90. The van der Waals surface area contributed by atoms with Gasteiger partial charge in [-0.3, -0.25) is 4.79 Å². The van der Waals surface area contributed by atoms with E-state index in [1.165, 1.54) is 6.92 Å². The van der Waals surface area contributed by atoms with Crippen LogP contribution in [0, 0.1) is 0 Å². The molecule has 0 saturated heterocycles. The molecule has 2 aromatic carbocycles. The third-order valence-electron chi connectivity index (χ3n) is 4.18. The molecular formula is C19H24N2O3S. The van der Waals surface area contributed by atoms with Crippen molar-refractivity contribution in [3.63, 3.8) is 0 Å². The molecule has 0 fully saturated rings. The van der Waals surface area contributed by atoms with Crippen molar-refractivity contribution in [3.8, 4) is 0 Å². The summed E-state index contributed by atoms with van der Waals surface area (Å²) in [5, 5.41) is 3.92. The molecule has 0 radical (unpaired) electrons. The maximum atomic E-state index is 12.6. The van der Waals surface area contributed by atoms with Gasteiger partial charge in [0.25, 0.3) is 0 Å². The van der Waals surface area contributed by atoms with Crippen LogP contribution in [0.15, 0.2) is 60.7 Å². The topological polar surface area (TPSA) is 80.5 Å². The lowest BCUT2D eigenvalue weighted by atomic mass is 10.1. The fraction of sp³-hybridized carbons (Fsp3) is 0.316. The first kappa shape index (κ1) is 19.1. The zero-order valence-corrected chi connectivity index (χ0v) is 15.2. The van der Waals surface area contributed by atoms with Gasteiger partial charge >= 0.3 is 0 Å². The number of amides is 1. The quantitative estimate of drug-likeness (QED) is 0.781. The highest BCUT2D eigenvalue weighted by Gasteiger charge is 2.28. The van der Waals surface area contributed by atoms with Gasteiger partial charge in [0.05, 0.1) is 0 Å². The van der Waals surface area contributed by atoms with Gasteiger partial charge in [-0.1, -0.05) is 60.7 Å². The molecule has 5 nitrogen and oxygen atoms in total. The van der Waals surface area contributed by atoms with Crippen LogP contribution >= 0.6 is 0 Å². The van der Waals surface area contributed by atoms with Gasteiger partial charge in [0, 0.05) is 13.1 Å². The summed E-state index contributed by atoms with van der Waals surface area (Å²) in [6, 6.07) is 19.6. The van der Waals surface area contributed by atoms with Crippen molar-refractivity contribution in [2.24, 2.45) is 5.14 Å². The number of nitrogens with two attached hydrogens (primary N) is 1. The van der Waals surface area contributed by atoms with E-state index in [2.05, 4.69) is 0 Å². The van der Waals surface area contributed by atoms with Crippen LogP contribution < -0.4 is 5.14 Å². The highest BCUT2D eigenvalue weighted by Crippen LogP contribution is 2.09. The van der Waals surface area contributed by atoms with Gasteiger partial charge in [0.2, 0.25) is 15.9 Å². The Labute approximate surface area is 149 Å². The summed E-state index contributed by atoms with van der Waals surface area (Å²) in [6.07, 6.45) is 1.33. The van der Waals surface area contributed by atoms with Gasteiger partial charge in [-0.25, -0.2) is 13.6 Å². The maximum absolute atomic E-state index is 12.6. The van der Waals surface area contributed by atoms with Gasteiger partial charge in [0.1, 0.15) is 0 Å². The van der Waals surface area contributed by atoms with E-state index in [1.807, 2.05) is 60.7 Å². The summed E-state index contributed by atoms with van der Waals surface area (Å²) in [6.45, 7) is 2.25. The minimum Gasteiger partial charge on any atom is -0.341 e. The number of carbonyl (C=O) groups is 1. The van der Waals surface area contributed by atoms with Crippen LogP contribution in [-0.2, 0) is 27.7 Å². The second kappa shape index (κ2) is 8.78. The average Bonchev–Trinajstić information content (AvgIpc) is 2.61. The summed E-state index contributed by atoms with van der Waals surface area (Å²) in [5.41, 5.74) is 2.20. The Bertz CT molecular complexity index is 733. The Kier molecular flexibility index (Phi) is 6.73. The molecule has 1 amide bonds. The molecule has 0 saturated carbocycles. The van der Waals surface area contributed by atoms with Gasteiger partial charge in [-0.15, -0.1) is 0 Å². The normalized spacial score (nSPS) is 12.6. The molecule has 2 N–H and O–H groups in total. The number of hydrogen-bond donors (Lipinski definition) is 1. The second-order valence-electron chi connectivity index (χ2n) is 6.03. The largest absolute Gasteiger partial charge is 0.341 e. The molecule has 0 aliphatic rings. The monoisotopic (exact) mass is 360 g/mol. The number of sulfonamides is 1. The predicted octanol–water partition coefficient (Wildman–Crippen LogP) is 1.98. The number of hydrogen-bond acceptors (Lipinski definition) is 3. The molecule has 0 bridgehead atoms. The van der Waals surface area contributed by atoms with Crippen molar-refractivity contribution in [3.05, 3.63) is 71.8 Å². The van der Waals surface area contributed by atoms with Crippen LogP contribution in [0.3, 0.4) is 0 Å². The SMILES string of the molecule is CC(C(=O)N(CCc1ccccc1)CCc1ccccc1)S(N)(=O)=O. The Hall–Kier alpha value is -2.18. The summed E-state index contributed by atoms with van der Waals surface area (Å²) in [7, 11) is -3.90. The Balaban J connectivity index is 2.08. The average molecular weight is 360 g/mol. The molecule has 0 aromatic heterocycles. The lowest BCUT2D eigenvalue weighted by Gasteiger charge is -2.25. The Morgan fingerprint density at radius 1 is 0.920 bits per heavy atom. The first-order valence-corrected chi connectivity index (χ1v) is 9.87. The smallest absolute Gasteiger partial charge is 0.242 e. The van der Waals surface area contributed by atoms with Crippen LogP contribution in [0.25, 0.3) is 0 Å². The van der Waals surface area contributed by atoms with Crippen molar-refractivity contribution >= 4 is 15.9 Å². The third kappa shape index (κ3) is 5.99. The van der Waals surface area contributed by atoms with E-state index in [1.54, 1.807) is 4.90 Å². The van der Waals surface area contributed by atoms with Crippen LogP contribution in [0.4, 0.5) is 0 Å².